The standard InChI is InChI=1S/C10H7BrO3/c1-13-6-2-3-7-9(4-6)14-5-8(11)10(7)12/h2-5H,1H3. The van der Waals surface area contributed by atoms with Crippen LogP contribution in [0.15, 0.2) is 38.1 Å². The summed E-state index contributed by atoms with van der Waals surface area (Å²) in [5, 5.41) is 0.542. The van der Waals surface area contributed by atoms with E-state index in [4.69, 9.17) is 9.15 Å². The first kappa shape index (κ1) is 9.27. The smallest absolute Gasteiger partial charge is 0.206 e. The van der Waals surface area contributed by atoms with Crippen molar-refractivity contribution < 1.29 is 9.15 Å². The van der Waals surface area contributed by atoms with Crippen molar-refractivity contribution in [1.82, 2.24) is 0 Å². The Morgan fingerprint density at radius 3 is 2.93 bits per heavy atom. The maximum absolute atomic E-state index is 11.6. The number of rotatable bonds is 1. The fourth-order valence-electron chi connectivity index (χ4n) is 1.21. The molecule has 0 saturated heterocycles. The Labute approximate surface area is 88.4 Å². The predicted octanol–water partition coefficient (Wildman–Crippen LogP) is 2.56. The molecule has 0 aliphatic rings. The SMILES string of the molecule is COc1ccc2c(=O)c(Br)coc2c1. The van der Waals surface area contributed by atoms with Gasteiger partial charge in [-0.1, -0.05) is 0 Å². The maximum atomic E-state index is 11.6. The van der Waals surface area contributed by atoms with Gasteiger partial charge in [0, 0.05) is 6.07 Å². The molecule has 2 aromatic rings. The van der Waals surface area contributed by atoms with Crippen LogP contribution in [0.1, 0.15) is 0 Å². The molecule has 0 fully saturated rings. The van der Waals surface area contributed by atoms with E-state index in [1.54, 1.807) is 25.3 Å². The molecule has 0 unspecified atom stereocenters. The highest BCUT2D eigenvalue weighted by Gasteiger charge is 2.05. The Morgan fingerprint density at radius 2 is 2.21 bits per heavy atom. The predicted molar refractivity (Wildman–Crippen MR) is 56.7 cm³/mol. The van der Waals surface area contributed by atoms with E-state index in [9.17, 15) is 4.79 Å². The fraction of sp³-hybridized carbons (Fsp3) is 0.100. The van der Waals surface area contributed by atoms with E-state index in [-0.39, 0.29) is 5.43 Å². The van der Waals surface area contributed by atoms with Crippen LogP contribution < -0.4 is 10.2 Å². The lowest BCUT2D eigenvalue weighted by Gasteiger charge is -2.00. The van der Waals surface area contributed by atoms with Gasteiger partial charge in [-0.25, -0.2) is 0 Å². The Morgan fingerprint density at radius 1 is 1.43 bits per heavy atom. The highest BCUT2D eigenvalue weighted by molar-refractivity contribution is 9.10. The molecule has 72 valence electrons. The van der Waals surface area contributed by atoms with Crippen LogP contribution in [-0.4, -0.2) is 7.11 Å². The highest BCUT2D eigenvalue weighted by atomic mass is 79.9. The minimum atomic E-state index is -0.0751. The van der Waals surface area contributed by atoms with Crippen molar-refractivity contribution >= 4 is 26.9 Å². The summed E-state index contributed by atoms with van der Waals surface area (Å²) in [7, 11) is 1.57. The largest absolute Gasteiger partial charge is 0.497 e. The van der Waals surface area contributed by atoms with Crippen molar-refractivity contribution in [2.24, 2.45) is 0 Å². The van der Waals surface area contributed by atoms with Crippen molar-refractivity contribution in [2.45, 2.75) is 0 Å². The summed E-state index contributed by atoms with van der Waals surface area (Å²) in [5.74, 6) is 0.669. The molecule has 0 radical (unpaired) electrons. The molecule has 0 aliphatic heterocycles. The van der Waals surface area contributed by atoms with E-state index in [0.717, 1.165) is 0 Å². The molecule has 4 heteroatoms. The van der Waals surface area contributed by atoms with Gasteiger partial charge in [0.25, 0.3) is 0 Å². The number of halogens is 1. The van der Waals surface area contributed by atoms with Crippen LogP contribution in [-0.2, 0) is 0 Å². The molecule has 0 N–H and O–H groups in total. The van der Waals surface area contributed by atoms with Crippen molar-refractivity contribution in [1.29, 1.82) is 0 Å². The lowest BCUT2D eigenvalue weighted by Crippen LogP contribution is -2.01. The average molecular weight is 255 g/mol. The molecule has 0 bridgehead atoms. The van der Waals surface area contributed by atoms with Gasteiger partial charge in [0.05, 0.1) is 12.5 Å². The number of ether oxygens (including phenoxy) is 1. The Balaban J connectivity index is 2.81. The zero-order chi connectivity index (χ0) is 10.1. The zero-order valence-corrected chi connectivity index (χ0v) is 9.00. The second-order valence-electron chi connectivity index (χ2n) is 2.77. The van der Waals surface area contributed by atoms with Gasteiger partial charge in [0.1, 0.15) is 22.1 Å². The number of benzene rings is 1. The van der Waals surface area contributed by atoms with E-state index in [1.165, 1.54) is 6.26 Å². The second kappa shape index (κ2) is 3.46. The summed E-state index contributed by atoms with van der Waals surface area (Å²) in [4.78, 5) is 11.6. The van der Waals surface area contributed by atoms with Crippen molar-refractivity contribution in [3.8, 4) is 5.75 Å². The number of methoxy groups -OCH3 is 1. The third-order valence-electron chi connectivity index (χ3n) is 1.94. The zero-order valence-electron chi connectivity index (χ0n) is 7.41. The third-order valence-corrected chi connectivity index (χ3v) is 2.49. The van der Waals surface area contributed by atoms with E-state index in [2.05, 4.69) is 15.9 Å². The van der Waals surface area contributed by atoms with Gasteiger partial charge >= 0.3 is 0 Å². The Bertz CT molecular complexity index is 530. The molecule has 0 aliphatic carbocycles. The lowest BCUT2D eigenvalue weighted by atomic mass is 10.2. The average Bonchev–Trinajstić information content (AvgIpc) is 2.23. The molecular formula is C10H7BrO3. The van der Waals surface area contributed by atoms with Gasteiger partial charge in [0.2, 0.25) is 5.43 Å². The van der Waals surface area contributed by atoms with Gasteiger partial charge in [-0.3, -0.25) is 4.79 Å². The van der Waals surface area contributed by atoms with Crippen LogP contribution in [0.25, 0.3) is 11.0 Å². The maximum Gasteiger partial charge on any atom is 0.206 e. The van der Waals surface area contributed by atoms with Gasteiger partial charge in [-0.2, -0.15) is 0 Å². The van der Waals surface area contributed by atoms with E-state index < -0.39 is 0 Å². The molecule has 3 nitrogen and oxygen atoms in total. The van der Waals surface area contributed by atoms with Gasteiger partial charge < -0.3 is 9.15 Å². The molecule has 0 spiro atoms. The minimum absolute atomic E-state index is 0.0751. The molecule has 14 heavy (non-hydrogen) atoms. The summed E-state index contributed by atoms with van der Waals surface area (Å²) < 4.78 is 10.7. The summed E-state index contributed by atoms with van der Waals surface area (Å²) in [6.45, 7) is 0. The topological polar surface area (TPSA) is 39.4 Å². The molecule has 1 heterocycles. The highest BCUT2D eigenvalue weighted by Crippen LogP contribution is 2.19. The number of hydrogen-bond donors (Lipinski definition) is 0. The van der Waals surface area contributed by atoms with Crippen molar-refractivity contribution in [3.63, 3.8) is 0 Å². The summed E-state index contributed by atoms with van der Waals surface area (Å²) in [5.41, 5.74) is 0.450. The van der Waals surface area contributed by atoms with Gasteiger partial charge in [-0.05, 0) is 28.1 Å². The van der Waals surface area contributed by atoms with Crippen LogP contribution in [0.3, 0.4) is 0 Å². The van der Waals surface area contributed by atoms with Crippen LogP contribution in [0.2, 0.25) is 0 Å². The normalized spacial score (nSPS) is 10.4. The van der Waals surface area contributed by atoms with Crippen molar-refractivity contribution in [2.75, 3.05) is 7.11 Å². The van der Waals surface area contributed by atoms with E-state index in [0.29, 0.717) is 21.2 Å². The molecule has 0 atom stereocenters. The quantitative estimate of drug-likeness (QED) is 0.786. The summed E-state index contributed by atoms with van der Waals surface area (Å²) in [6, 6.07) is 5.10. The fourth-order valence-corrected chi connectivity index (χ4v) is 1.52. The first-order chi connectivity index (χ1) is 6.72. The summed E-state index contributed by atoms with van der Waals surface area (Å²) >= 11 is 3.11. The molecule has 1 aromatic carbocycles. The molecule has 0 saturated carbocycles. The summed E-state index contributed by atoms with van der Waals surface area (Å²) in [6.07, 6.45) is 1.38. The Kier molecular flexibility index (Phi) is 2.29. The Hall–Kier alpha value is -1.29. The van der Waals surface area contributed by atoms with E-state index in [1.807, 2.05) is 0 Å². The van der Waals surface area contributed by atoms with Crippen LogP contribution in [0, 0.1) is 0 Å². The van der Waals surface area contributed by atoms with Crippen LogP contribution in [0.4, 0.5) is 0 Å². The van der Waals surface area contributed by atoms with Gasteiger partial charge in [0.15, 0.2) is 0 Å². The second-order valence-corrected chi connectivity index (χ2v) is 3.63. The van der Waals surface area contributed by atoms with E-state index >= 15 is 0 Å². The third kappa shape index (κ3) is 1.42. The van der Waals surface area contributed by atoms with Crippen molar-refractivity contribution in [3.05, 3.63) is 39.2 Å². The monoisotopic (exact) mass is 254 g/mol. The first-order valence-corrected chi connectivity index (χ1v) is 4.77. The first-order valence-electron chi connectivity index (χ1n) is 3.97. The van der Waals surface area contributed by atoms with Crippen LogP contribution >= 0.6 is 15.9 Å². The number of hydrogen-bond acceptors (Lipinski definition) is 3. The molecule has 2 rings (SSSR count). The lowest BCUT2D eigenvalue weighted by molar-refractivity contribution is 0.414. The number of fused-ring (bicyclic) bond motifs is 1. The molecular weight excluding hydrogens is 248 g/mol. The minimum Gasteiger partial charge on any atom is -0.497 e. The molecule has 1 aromatic heterocycles. The van der Waals surface area contributed by atoms with Crippen LogP contribution in [0.5, 0.6) is 5.75 Å². The molecule has 0 amide bonds. The van der Waals surface area contributed by atoms with Gasteiger partial charge in [-0.15, -0.1) is 0 Å².